The summed E-state index contributed by atoms with van der Waals surface area (Å²) in [6, 6.07) is 9.64. The maximum Gasteiger partial charge on any atom is 0.128 e. The highest BCUT2D eigenvalue weighted by atomic mass is 79.9. The molecule has 0 heterocycles. The normalized spacial score (nSPS) is 12.3. The van der Waals surface area contributed by atoms with Crippen LogP contribution in [0.3, 0.4) is 0 Å². The second-order valence-corrected chi connectivity index (χ2v) is 5.17. The Morgan fingerprint density at radius 3 is 2.26 bits per heavy atom. The highest BCUT2D eigenvalue weighted by Crippen LogP contribution is 2.34. The van der Waals surface area contributed by atoms with Crippen molar-refractivity contribution in [1.82, 2.24) is 0 Å². The monoisotopic (exact) mass is 326 g/mol. The molecule has 1 nitrogen and oxygen atoms in total. The Labute approximate surface area is 119 Å². The molecule has 0 saturated heterocycles. The maximum absolute atomic E-state index is 13.9. The highest BCUT2D eigenvalue weighted by Gasteiger charge is 2.17. The topological polar surface area (TPSA) is 9.23 Å². The molecule has 2 aromatic rings. The Bertz CT molecular complexity index is 581. The second-order valence-electron chi connectivity index (χ2n) is 4.26. The van der Waals surface area contributed by atoms with E-state index in [-0.39, 0.29) is 5.56 Å². The number of rotatable bonds is 3. The van der Waals surface area contributed by atoms with Gasteiger partial charge in [-0.05, 0) is 42.3 Å². The molecule has 0 aliphatic rings. The number of methoxy groups -OCH3 is 1. The summed E-state index contributed by atoms with van der Waals surface area (Å²) < 4.78 is 32.5. The van der Waals surface area contributed by atoms with Crippen molar-refractivity contribution in [2.45, 2.75) is 11.8 Å². The molecule has 0 aromatic heterocycles. The van der Waals surface area contributed by atoms with E-state index in [2.05, 4.69) is 15.9 Å². The Hall–Kier alpha value is -1.42. The molecule has 2 aromatic carbocycles. The van der Waals surface area contributed by atoms with E-state index in [0.717, 1.165) is 11.3 Å². The van der Waals surface area contributed by atoms with Crippen LogP contribution >= 0.6 is 15.9 Å². The maximum atomic E-state index is 13.9. The molecule has 1 atom stereocenters. The predicted molar refractivity (Wildman–Crippen MR) is 74.9 cm³/mol. The molecule has 0 aliphatic carbocycles. The van der Waals surface area contributed by atoms with Gasteiger partial charge in [-0.1, -0.05) is 28.1 Å². The highest BCUT2D eigenvalue weighted by molar-refractivity contribution is 9.09. The molecule has 0 N–H and O–H groups in total. The Morgan fingerprint density at radius 1 is 1.05 bits per heavy atom. The van der Waals surface area contributed by atoms with Gasteiger partial charge in [0.05, 0.1) is 11.9 Å². The summed E-state index contributed by atoms with van der Waals surface area (Å²) in [6.45, 7) is 1.54. The summed E-state index contributed by atoms with van der Waals surface area (Å²) in [5, 5.41) is 0. The van der Waals surface area contributed by atoms with Crippen LogP contribution in [0.2, 0.25) is 0 Å². The van der Waals surface area contributed by atoms with E-state index in [1.807, 2.05) is 12.1 Å². The molecule has 100 valence electrons. The van der Waals surface area contributed by atoms with Gasteiger partial charge in [-0.2, -0.15) is 0 Å². The van der Waals surface area contributed by atoms with Gasteiger partial charge in [0.25, 0.3) is 0 Å². The third-order valence-electron chi connectivity index (χ3n) is 2.96. The molecule has 0 fully saturated rings. The number of halogens is 3. The minimum atomic E-state index is -0.420. The summed E-state index contributed by atoms with van der Waals surface area (Å²) in [6.07, 6.45) is 0. The average Bonchev–Trinajstić information content (AvgIpc) is 2.42. The molecular weight excluding hydrogens is 314 g/mol. The number of benzene rings is 2. The van der Waals surface area contributed by atoms with Gasteiger partial charge in [0, 0.05) is 5.56 Å². The van der Waals surface area contributed by atoms with Gasteiger partial charge in [-0.15, -0.1) is 0 Å². The standard InChI is InChI=1S/C15H13BrF2O/c1-9-7-14(18)12(8-13(9)17)15(16)10-3-5-11(19-2)6-4-10/h3-8,15H,1-2H3. The van der Waals surface area contributed by atoms with Crippen LogP contribution < -0.4 is 4.74 Å². The third-order valence-corrected chi connectivity index (χ3v) is 3.98. The van der Waals surface area contributed by atoms with Crippen LogP contribution in [0.1, 0.15) is 21.5 Å². The van der Waals surface area contributed by atoms with Crippen LogP contribution in [0.4, 0.5) is 8.78 Å². The van der Waals surface area contributed by atoms with Gasteiger partial charge >= 0.3 is 0 Å². The third kappa shape index (κ3) is 2.95. The first-order valence-electron chi connectivity index (χ1n) is 5.76. The number of ether oxygens (including phenoxy) is 1. The lowest BCUT2D eigenvalue weighted by Gasteiger charge is -2.13. The zero-order valence-electron chi connectivity index (χ0n) is 10.6. The first-order valence-corrected chi connectivity index (χ1v) is 6.68. The minimum absolute atomic E-state index is 0.285. The number of aryl methyl sites for hydroxylation is 1. The lowest BCUT2D eigenvalue weighted by molar-refractivity contribution is 0.414. The van der Waals surface area contributed by atoms with Gasteiger partial charge in [0.2, 0.25) is 0 Å². The lowest BCUT2D eigenvalue weighted by Crippen LogP contribution is -1.99. The van der Waals surface area contributed by atoms with Crippen molar-refractivity contribution in [2.75, 3.05) is 7.11 Å². The summed E-state index contributed by atoms with van der Waals surface area (Å²) in [7, 11) is 1.58. The zero-order chi connectivity index (χ0) is 14.0. The van der Waals surface area contributed by atoms with Crippen molar-refractivity contribution in [3.05, 3.63) is 64.7 Å². The van der Waals surface area contributed by atoms with Crippen molar-refractivity contribution in [3.8, 4) is 5.75 Å². The van der Waals surface area contributed by atoms with Crippen LogP contribution in [-0.2, 0) is 0 Å². The number of hydrogen-bond donors (Lipinski definition) is 0. The van der Waals surface area contributed by atoms with E-state index in [0.29, 0.717) is 5.56 Å². The fraction of sp³-hybridized carbons (Fsp3) is 0.200. The zero-order valence-corrected chi connectivity index (χ0v) is 12.2. The molecule has 0 bridgehead atoms. The summed E-state index contributed by atoms with van der Waals surface area (Å²) in [5.74, 6) is -0.107. The lowest BCUT2D eigenvalue weighted by atomic mass is 10.0. The second kappa shape index (κ2) is 5.70. The fourth-order valence-corrected chi connectivity index (χ4v) is 2.46. The van der Waals surface area contributed by atoms with Gasteiger partial charge in [-0.25, -0.2) is 8.78 Å². The summed E-state index contributed by atoms with van der Waals surface area (Å²) in [4.78, 5) is -0.395. The molecule has 4 heteroatoms. The molecule has 0 radical (unpaired) electrons. The predicted octanol–water partition coefficient (Wildman–Crippen LogP) is 4.77. The minimum Gasteiger partial charge on any atom is -0.497 e. The SMILES string of the molecule is COc1ccc(C(Br)c2cc(F)c(C)cc2F)cc1. The molecule has 0 spiro atoms. The van der Waals surface area contributed by atoms with Crippen LogP contribution in [-0.4, -0.2) is 7.11 Å². The van der Waals surface area contributed by atoms with Crippen molar-refractivity contribution in [1.29, 1.82) is 0 Å². The number of hydrogen-bond acceptors (Lipinski definition) is 1. The number of alkyl halides is 1. The van der Waals surface area contributed by atoms with E-state index < -0.39 is 16.5 Å². The van der Waals surface area contributed by atoms with E-state index in [1.165, 1.54) is 12.1 Å². The Kier molecular flexibility index (Phi) is 4.20. The Morgan fingerprint density at radius 2 is 1.68 bits per heavy atom. The first-order chi connectivity index (χ1) is 9.02. The van der Waals surface area contributed by atoms with Crippen molar-refractivity contribution in [3.63, 3.8) is 0 Å². The van der Waals surface area contributed by atoms with E-state index >= 15 is 0 Å². The van der Waals surface area contributed by atoms with Crippen LogP contribution in [0.15, 0.2) is 36.4 Å². The van der Waals surface area contributed by atoms with Crippen molar-refractivity contribution >= 4 is 15.9 Å². The van der Waals surface area contributed by atoms with Crippen LogP contribution in [0.25, 0.3) is 0 Å². The van der Waals surface area contributed by atoms with Gasteiger partial charge in [0.1, 0.15) is 17.4 Å². The van der Waals surface area contributed by atoms with Crippen LogP contribution in [0.5, 0.6) is 5.75 Å². The molecule has 2 rings (SSSR count). The fourth-order valence-electron chi connectivity index (χ4n) is 1.81. The molecule has 0 amide bonds. The Balaban J connectivity index is 2.37. The smallest absolute Gasteiger partial charge is 0.128 e. The summed E-state index contributed by atoms with van der Waals surface area (Å²) in [5.41, 5.74) is 1.42. The van der Waals surface area contributed by atoms with E-state index in [1.54, 1.807) is 26.2 Å². The van der Waals surface area contributed by atoms with Crippen LogP contribution in [0, 0.1) is 18.6 Å². The molecule has 1 unspecified atom stereocenters. The largest absolute Gasteiger partial charge is 0.497 e. The van der Waals surface area contributed by atoms with Crippen molar-refractivity contribution in [2.24, 2.45) is 0 Å². The molecule has 19 heavy (non-hydrogen) atoms. The van der Waals surface area contributed by atoms with Gasteiger partial charge in [0.15, 0.2) is 0 Å². The quantitative estimate of drug-likeness (QED) is 0.738. The van der Waals surface area contributed by atoms with E-state index in [4.69, 9.17) is 4.74 Å². The van der Waals surface area contributed by atoms with Gasteiger partial charge < -0.3 is 4.74 Å². The molecule has 0 saturated carbocycles. The van der Waals surface area contributed by atoms with E-state index in [9.17, 15) is 8.78 Å². The van der Waals surface area contributed by atoms with Crippen molar-refractivity contribution < 1.29 is 13.5 Å². The first kappa shape index (κ1) is 14.0. The molecular formula is C15H13BrF2O. The van der Waals surface area contributed by atoms with Gasteiger partial charge in [-0.3, -0.25) is 0 Å². The molecule has 0 aliphatic heterocycles. The average molecular weight is 327 g/mol. The summed E-state index contributed by atoms with van der Waals surface area (Å²) >= 11 is 3.40.